The number of amides is 1. The molecule has 1 atom stereocenters. The summed E-state index contributed by atoms with van der Waals surface area (Å²) in [5.74, 6) is -0.356. The maximum absolute atomic E-state index is 13.5. The van der Waals surface area contributed by atoms with Gasteiger partial charge in [0.05, 0.1) is 16.6 Å². The van der Waals surface area contributed by atoms with Crippen molar-refractivity contribution in [2.45, 2.75) is 36.1 Å². The molecule has 3 aromatic rings. The van der Waals surface area contributed by atoms with E-state index in [0.29, 0.717) is 12.1 Å². The maximum atomic E-state index is 13.5. The van der Waals surface area contributed by atoms with E-state index in [2.05, 4.69) is 5.32 Å². The molecule has 0 aliphatic rings. The molecular weight excluding hydrogens is 440 g/mol. The van der Waals surface area contributed by atoms with Gasteiger partial charge in [-0.1, -0.05) is 55.0 Å². The molecule has 0 aliphatic heterocycles. The Bertz CT molecular complexity index is 1130. The number of carbonyl (C=O) groups excluding carboxylic acids is 1. The number of nitrogens with zero attached hydrogens (tertiary/aromatic N) is 1. The fourth-order valence-electron chi connectivity index (χ4n) is 3.38. The molecule has 0 radical (unpaired) electrons. The molecule has 168 valence electrons. The molecular formula is C25H28N2O3S2. The predicted octanol–water partition coefficient (Wildman–Crippen LogP) is 5.18. The molecule has 0 bridgehead atoms. The summed E-state index contributed by atoms with van der Waals surface area (Å²) in [6.07, 6.45) is 2.63. The topological polar surface area (TPSA) is 66.5 Å². The minimum absolute atomic E-state index is 0.152. The lowest BCUT2D eigenvalue weighted by Crippen LogP contribution is -2.42. The van der Waals surface area contributed by atoms with Crippen molar-refractivity contribution in [3.8, 4) is 0 Å². The quantitative estimate of drug-likeness (QED) is 0.440. The maximum Gasteiger partial charge on any atom is 0.264 e. The molecule has 0 unspecified atom stereocenters. The van der Waals surface area contributed by atoms with Crippen molar-refractivity contribution in [3.05, 3.63) is 90.0 Å². The van der Waals surface area contributed by atoms with Gasteiger partial charge >= 0.3 is 0 Å². The lowest BCUT2D eigenvalue weighted by Gasteiger charge is -2.26. The van der Waals surface area contributed by atoms with Gasteiger partial charge in [-0.15, -0.1) is 11.8 Å². The zero-order chi connectivity index (χ0) is 23.1. The lowest BCUT2D eigenvalue weighted by atomic mass is 10.0. The molecule has 32 heavy (non-hydrogen) atoms. The molecule has 0 aliphatic carbocycles. The summed E-state index contributed by atoms with van der Waals surface area (Å²) in [4.78, 5) is 14.1. The van der Waals surface area contributed by atoms with Crippen LogP contribution in [0.4, 0.5) is 5.69 Å². The second-order valence-corrected chi connectivity index (χ2v) is 10.2. The molecule has 7 heteroatoms. The van der Waals surface area contributed by atoms with Crippen LogP contribution in [0.1, 0.15) is 30.5 Å². The van der Waals surface area contributed by atoms with E-state index in [-0.39, 0.29) is 23.4 Å². The van der Waals surface area contributed by atoms with Gasteiger partial charge in [0.1, 0.15) is 6.54 Å². The minimum atomic E-state index is -3.93. The number of carbonyl (C=O) groups is 1. The highest BCUT2D eigenvalue weighted by Gasteiger charge is 2.28. The Morgan fingerprint density at radius 3 is 2.16 bits per heavy atom. The monoisotopic (exact) mass is 468 g/mol. The van der Waals surface area contributed by atoms with Gasteiger partial charge in [-0.25, -0.2) is 8.42 Å². The van der Waals surface area contributed by atoms with Crippen LogP contribution in [-0.2, 0) is 14.8 Å². The summed E-state index contributed by atoms with van der Waals surface area (Å²) in [6.45, 7) is 3.61. The summed E-state index contributed by atoms with van der Waals surface area (Å²) >= 11 is 1.54. The highest BCUT2D eigenvalue weighted by Crippen LogP contribution is 2.26. The molecule has 0 fully saturated rings. The van der Waals surface area contributed by atoms with Crippen molar-refractivity contribution >= 4 is 33.4 Å². The molecule has 0 saturated heterocycles. The van der Waals surface area contributed by atoms with Crippen LogP contribution in [0.15, 0.2) is 88.7 Å². The van der Waals surface area contributed by atoms with Gasteiger partial charge < -0.3 is 5.32 Å². The molecule has 1 N–H and O–H groups in total. The molecule has 0 spiro atoms. The van der Waals surface area contributed by atoms with Crippen molar-refractivity contribution in [1.82, 2.24) is 5.32 Å². The summed E-state index contributed by atoms with van der Waals surface area (Å²) in [7, 11) is -3.93. The normalized spacial score (nSPS) is 12.2. The number of hydrogen-bond acceptors (Lipinski definition) is 4. The molecule has 0 saturated carbocycles. The first kappa shape index (κ1) is 23.9. The molecule has 5 nitrogen and oxygen atoms in total. The third-order valence-corrected chi connectivity index (χ3v) is 7.73. The van der Waals surface area contributed by atoms with Gasteiger partial charge in [0.2, 0.25) is 5.91 Å². The predicted molar refractivity (Wildman–Crippen MR) is 132 cm³/mol. The van der Waals surface area contributed by atoms with E-state index in [9.17, 15) is 13.2 Å². The highest BCUT2D eigenvalue weighted by molar-refractivity contribution is 7.98. The van der Waals surface area contributed by atoms with Crippen molar-refractivity contribution in [1.29, 1.82) is 0 Å². The van der Waals surface area contributed by atoms with E-state index in [1.54, 1.807) is 36.4 Å². The molecule has 0 aromatic heterocycles. The first-order valence-electron chi connectivity index (χ1n) is 10.4. The zero-order valence-electron chi connectivity index (χ0n) is 18.5. The number of thioether (sulfide) groups is 1. The first-order chi connectivity index (χ1) is 15.3. The second kappa shape index (κ2) is 10.7. The van der Waals surface area contributed by atoms with Crippen LogP contribution in [0, 0.1) is 6.92 Å². The number of aryl methyl sites for hydroxylation is 1. The number of hydrogen-bond donors (Lipinski definition) is 1. The summed E-state index contributed by atoms with van der Waals surface area (Å²) < 4.78 is 28.2. The average molecular weight is 469 g/mol. The fraction of sp³-hybridized carbons (Fsp3) is 0.240. The van der Waals surface area contributed by atoms with Crippen LogP contribution in [0.5, 0.6) is 0 Å². The van der Waals surface area contributed by atoms with E-state index in [1.807, 2.05) is 62.6 Å². The Morgan fingerprint density at radius 2 is 1.59 bits per heavy atom. The van der Waals surface area contributed by atoms with Gasteiger partial charge in [-0.05, 0) is 61.6 Å². The minimum Gasteiger partial charge on any atom is -0.348 e. The second-order valence-electron chi connectivity index (χ2n) is 7.46. The molecule has 3 rings (SSSR count). The standard InChI is InChI=1S/C25H28N2O3S2/c1-4-24(20-8-6-5-7-9-20)26-25(28)18-27(21-12-10-19(2)11-13-21)32(29,30)23-16-14-22(31-3)15-17-23/h5-17,24H,4,18H2,1-3H3,(H,26,28)/t24-/m1/s1. The zero-order valence-corrected chi connectivity index (χ0v) is 20.1. The summed E-state index contributed by atoms with van der Waals surface area (Å²) in [6, 6.07) is 23.3. The number of sulfonamides is 1. The fourth-order valence-corrected chi connectivity index (χ4v) is 5.21. The Hall–Kier alpha value is -2.77. The summed E-state index contributed by atoms with van der Waals surface area (Å²) in [5.41, 5.74) is 2.45. The Morgan fingerprint density at radius 1 is 0.969 bits per heavy atom. The van der Waals surface area contributed by atoms with Crippen LogP contribution < -0.4 is 9.62 Å². The van der Waals surface area contributed by atoms with Gasteiger partial charge in [0, 0.05) is 4.90 Å². The van der Waals surface area contributed by atoms with Crippen molar-refractivity contribution < 1.29 is 13.2 Å². The third kappa shape index (κ3) is 5.72. The van der Waals surface area contributed by atoms with E-state index in [1.165, 1.54) is 16.1 Å². The Kier molecular flexibility index (Phi) is 7.99. The van der Waals surface area contributed by atoms with Gasteiger partial charge in [0.25, 0.3) is 10.0 Å². The largest absolute Gasteiger partial charge is 0.348 e. The van der Waals surface area contributed by atoms with Gasteiger partial charge in [-0.2, -0.15) is 0 Å². The lowest BCUT2D eigenvalue weighted by molar-refractivity contribution is -0.120. The van der Waals surface area contributed by atoms with Crippen LogP contribution in [0.3, 0.4) is 0 Å². The number of anilines is 1. The summed E-state index contributed by atoms with van der Waals surface area (Å²) in [5, 5.41) is 2.99. The highest BCUT2D eigenvalue weighted by atomic mass is 32.2. The first-order valence-corrected chi connectivity index (χ1v) is 13.1. The molecule has 0 heterocycles. The number of rotatable bonds is 9. The molecule has 1 amide bonds. The van der Waals surface area contributed by atoms with Crippen LogP contribution in [0.25, 0.3) is 0 Å². The van der Waals surface area contributed by atoms with E-state index in [0.717, 1.165) is 16.0 Å². The van der Waals surface area contributed by atoms with Gasteiger partial charge in [0.15, 0.2) is 0 Å². The number of benzene rings is 3. The van der Waals surface area contributed by atoms with Crippen molar-refractivity contribution in [3.63, 3.8) is 0 Å². The van der Waals surface area contributed by atoms with Crippen LogP contribution >= 0.6 is 11.8 Å². The third-order valence-electron chi connectivity index (χ3n) is 5.20. The van der Waals surface area contributed by atoms with E-state index < -0.39 is 10.0 Å². The van der Waals surface area contributed by atoms with Crippen LogP contribution in [0.2, 0.25) is 0 Å². The number of nitrogens with one attached hydrogen (secondary N) is 1. The van der Waals surface area contributed by atoms with Crippen molar-refractivity contribution in [2.24, 2.45) is 0 Å². The van der Waals surface area contributed by atoms with E-state index >= 15 is 0 Å². The Balaban J connectivity index is 1.90. The van der Waals surface area contributed by atoms with Crippen LogP contribution in [-0.4, -0.2) is 27.1 Å². The Labute approximate surface area is 194 Å². The SMILES string of the molecule is CC[C@@H](NC(=O)CN(c1ccc(C)cc1)S(=O)(=O)c1ccc(SC)cc1)c1ccccc1. The average Bonchev–Trinajstić information content (AvgIpc) is 2.82. The van der Waals surface area contributed by atoms with E-state index in [4.69, 9.17) is 0 Å². The van der Waals surface area contributed by atoms with Crippen molar-refractivity contribution in [2.75, 3.05) is 17.1 Å². The molecule has 3 aromatic carbocycles. The van der Waals surface area contributed by atoms with Gasteiger partial charge in [-0.3, -0.25) is 9.10 Å². The smallest absolute Gasteiger partial charge is 0.264 e.